The van der Waals surface area contributed by atoms with E-state index in [1.54, 1.807) is 11.3 Å². The van der Waals surface area contributed by atoms with Crippen molar-refractivity contribution in [1.29, 1.82) is 0 Å². The average Bonchev–Trinajstić information content (AvgIpc) is 2.29. The highest BCUT2D eigenvalue weighted by Gasteiger charge is 2.26. The number of nitrogens with zero attached hydrogens (tertiary/aromatic N) is 2. The zero-order valence-electron chi connectivity index (χ0n) is 5.70. The van der Waals surface area contributed by atoms with Gasteiger partial charge in [-0.15, -0.1) is 11.3 Å². The summed E-state index contributed by atoms with van der Waals surface area (Å²) in [6, 6.07) is 0. The molecule has 1 N–H and O–H groups in total. The third-order valence-corrected chi connectivity index (χ3v) is 3.21. The Kier molecular flexibility index (Phi) is 1.86. The molecule has 0 bridgehead atoms. The normalized spacial score (nSPS) is 18.5. The van der Waals surface area contributed by atoms with Crippen LogP contribution in [0.3, 0.4) is 0 Å². The van der Waals surface area contributed by atoms with Gasteiger partial charge in [-0.05, 0) is 15.9 Å². The van der Waals surface area contributed by atoms with Gasteiger partial charge in [0, 0.05) is 18.5 Å². The van der Waals surface area contributed by atoms with E-state index < -0.39 is 0 Å². The first-order chi connectivity index (χ1) is 5.25. The molecule has 5 heteroatoms. The van der Waals surface area contributed by atoms with Crippen LogP contribution < -0.4 is 4.90 Å². The second-order valence-corrected chi connectivity index (χ2v) is 4.16. The van der Waals surface area contributed by atoms with E-state index in [0.717, 1.165) is 22.8 Å². The van der Waals surface area contributed by atoms with E-state index >= 15 is 0 Å². The van der Waals surface area contributed by atoms with Gasteiger partial charge in [-0.25, -0.2) is 4.98 Å². The molecule has 0 aromatic carbocycles. The van der Waals surface area contributed by atoms with Crippen LogP contribution in [0.2, 0.25) is 0 Å². The van der Waals surface area contributed by atoms with E-state index in [0.29, 0.717) is 0 Å². The summed E-state index contributed by atoms with van der Waals surface area (Å²) in [5.41, 5.74) is 0. The molecule has 1 saturated heterocycles. The van der Waals surface area contributed by atoms with Crippen LogP contribution in [0, 0.1) is 0 Å². The lowest BCUT2D eigenvalue weighted by atomic mass is 10.2. The Hall–Kier alpha value is -0.130. The van der Waals surface area contributed by atoms with Gasteiger partial charge in [-0.2, -0.15) is 0 Å². The molecule has 2 rings (SSSR count). The Morgan fingerprint density at radius 1 is 1.73 bits per heavy atom. The van der Waals surface area contributed by atoms with Crippen molar-refractivity contribution >= 4 is 32.4 Å². The van der Waals surface area contributed by atoms with Crippen LogP contribution in [0.1, 0.15) is 0 Å². The lowest BCUT2D eigenvalue weighted by Crippen LogP contribution is -2.50. The van der Waals surface area contributed by atoms with E-state index in [1.165, 1.54) is 0 Å². The number of rotatable bonds is 1. The average molecular weight is 235 g/mol. The van der Waals surface area contributed by atoms with Crippen molar-refractivity contribution in [3.8, 4) is 0 Å². The molecule has 0 saturated carbocycles. The molecule has 0 amide bonds. The fraction of sp³-hybridized carbons (Fsp3) is 0.500. The molecule has 1 aromatic rings. The van der Waals surface area contributed by atoms with Gasteiger partial charge in [-0.1, -0.05) is 0 Å². The van der Waals surface area contributed by atoms with Gasteiger partial charge in [0.05, 0.1) is 6.10 Å². The summed E-state index contributed by atoms with van der Waals surface area (Å²) >= 11 is 4.87. The molecule has 1 fully saturated rings. The first-order valence-electron chi connectivity index (χ1n) is 3.30. The number of anilines is 1. The highest BCUT2D eigenvalue weighted by Crippen LogP contribution is 2.26. The molecule has 0 spiro atoms. The number of halogens is 1. The molecular formula is C6H7BrN2OS. The summed E-state index contributed by atoms with van der Waals surface area (Å²) in [7, 11) is 0. The number of aliphatic hydroxyl groups is 1. The largest absolute Gasteiger partial charge is 0.389 e. The van der Waals surface area contributed by atoms with Crippen molar-refractivity contribution in [3.63, 3.8) is 0 Å². The third-order valence-electron chi connectivity index (χ3n) is 1.60. The monoisotopic (exact) mass is 234 g/mol. The molecule has 2 heterocycles. The standard InChI is InChI=1S/C6H7BrN2OS/c7-5-3-11-6(8-5)9-1-4(10)2-9/h3-4,10H,1-2H2. The van der Waals surface area contributed by atoms with Gasteiger partial charge in [0.1, 0.15) is 4.60 Å². The number of thiazole rings is 1. The fourth-order valence-corrected chi connectivity index (χ4v) is 2.27. The third kappa shape index (κ3) is 1.40. The van der Waals surface area contributed by atoms with Crippen molar-refractivity contribution in [1.82, 2.24) is 4.98 Å². The van der Waals surface area contributed by atoms with Crippen LogP contribution in [0.5, 0.6) is 0 Å². The zero-order chi connectivity index (χ0) is 7.84. The van der Waals surface area contributed by atoms with Gasteiger partial charge in [0.15, 0.2) is 5.13 Å². The minimum Gasteiger partial charge on any atom is -0.389 e. The number of aliphatic hydroxyl groups excluding tert-OH is 1. The maximum Gasteiger partial charge on any atom is 0.186 e. The molecule has 3 nitrogen and oxygen atoms in total. The van der Waals surface area contributed by atoms with E-state index in [2.05, 4.69) is 25.8 Å². The summed E-state index contributed by atoms with van der Waals surface area (Å²) in [6.07, 6.45) is -0.155. The lowest BCUT2D eigenvalue weighted by molar-refractivity contribution is 0.142. The summed E-state index contributed by atoms with van der Waals surface area (Å²) in [5, 5.41) is 11.9. The highest BCUT2D eigenvalue weighted by molar-refractivity contribution is 9.10. The number of hydrogen-bond donors (Lipinski definition) is 1. The maximum atomic E-state index is 9.01. The zero-order valence-corrected chi connectivity index (χ0v) is 8.10. The quantitative estimate of drug-likeness (QED) is 0.791. The van der Waals surface area contributed by atoms with Crippen LogP contribution in [0.15, 0.2) is 9.98 Å². The molecule has 0 radical (unpaired) electrons. The first-order valence-corrected chi connectivity index (χ1v) is 4.97. The van der Waals surface area contributed by atoms with Gasteiger partial charge in [0.2, 0.25) is 0 Å². The summed E-state index contributed by atoms with van der Waals surface area (Å²) < 4.78 is 0.874. The molecule has 0 atom stereocenters. The predicted octanol–water partition coefficient (Wildman–Crippen LogP) is 1.09. The Morgan fingerprint density at radius 2 is 2.45 bits per heavy atom. The molecule has 11 heavy (non-hydrogen) atoms. The molecule has 1 aliphatic heterocycles. The number of hydrogen-bond acceptors (Lipinski definition) is 4. The summed E-state index contributed by atoms with van der Waals surface area (Å²) in [4.78, 5) is 6.27. The summed E-state index contributed by atoms with van der Waals surface area (Å²) in [6.45, 7) is 1.44. The number of β-amino-alcohol motifs (C(OH)–C–C–N with tert-alkyl or cyclic N) is 1. The fourth-order valence-electron chi connectivity index (χ4n) is 1.00. The van der Waals surface area contributed by atoms with E-state index in [9.17, 15) is 0 Å². The molecule has 60 valence electrons. The Labute approximate surface area is 76.8 Å². The Morgan fingerprint density at radius 3 is 2.91 bits per heavy atom. The second-order valence-electron chi connectivity index (χ2n) is 2.51. The maximum absolute atomic E-state index is 9.01. The minimum absolute atomic E-state index is 0.155. The van der Waals surface area contributed by atoms with Gasteiger partial charge >= 0.3 is 0 Å². The molecule has 0 unspecified atom stereocenters. The van der Waals surface area contributed by atoms with Crippen LogP contribution >= 0.6 is 27.3 Å². The highest BCUT2D eigenvalue weighted by atomic mass is 79.9. The van der Waals surface area contributed by atoms with Crippen LogP contribution in [-0.2, 0) is 0 Å². The second kappa shape index (κ2) is 2.73. The summed E-state index contributed by atoms with van der Waals surface area (Å²) in [5.74, 6) is 0. The molecular weight excluding hydrogens is 228 g/mol. The van der Waals surface area contributed by atoms with Gasteiger partial charge in [0.25, 0.3) is 0 Å². The van der Waals surface area contributed by atoms with Gasteiger partial charge in [-0.3, -0.25) is 0 Å². The first kappa shape index (κ1) is 7.52. The minimum atomic E-state index is -0.155. The van der Waals surface area contributed by atoms with E-state index in [-0.39, 0.29) is 6.10 Å². The van der Waals surface area contributed by atoms with Crippen molar-refractivity contribution in [3.05, 3.63) is 9.98 Å². The van der Waals surface area contributed by atoms with Crippen molar-refractivity contribution in [2.24, 2.45) is 0 Å². The van der Waals surface area contributed by atoms with Crippen LogP contribution in [0.25, 0.3) is 0 Å². The van der Waals surface area contributed by atoms with E-state index in [1.807, 2.05) is 5.38 Å². The van der Waals surface area contributed by atoms with E-state index in [4.69, 9.17) is 5.11 Å². The Bertz CT molecular complexity index is 259. The molecule has 0 aliphatic carbocycles. The topological polar surface area (TPSA) is 36.4 Å². The van der Waals surface area contributed by atoms with Crippen molar-refractivity contribution in [2.75, 3.05) is 18.0 Å². The molecule has 1 aromatic heterocycles. The van der Waals surface area contributed by atoms with Gasteiger partial charge < -0.3 is 10.0 Å². The van der Waals surface area contributed by atoms with Crippen molar-refractivity contribution in [2.45, 2.75) is 6.10 Å². The SMILES string of the molecule is OC1CN(c2nc(Br)cs2)C1. The Balaban J connectivity index is 2.07. The van der Waals surface area contributed by atoms with Crippen molar-refractivity contribution < 1.29 is 5.11 Å². The van der Waals surface area contributed by atoms with Crippen LogP contribution in [0.4, 0.5) is 5.13 Å². The smallest absolute Gasteiger partial charge is 0.186 e. The number of aromatic nitrogens is 1. The van der Waals surface area contributed by atoms with Crippen LogP contribution in [-0.4, -0.2) is 29.3 Å². The molecule has 1 aliphatic rings. The predicted molar refractivity (Wildman–Crippen MR) is 48.0 cm³/mol. The lowest BCUT2D eigenvalue weighted by Gasteiger charge is -2.35.